The molecule has 4 nitrogen and oxygen atoms in total. The number of para-hydroxylation sites is 1. The number of unbranched alkanes of at least 4 members (excludes halogenated alkanes) is 2. The molecule has 2 aromatic rings. The van der Waals surface area contributed by atoms with Crippen molar-refractivity contribution in [3.8, 4) is 5.75 Å². The number of nitrogens with one attached hydrogen (secondary N) is 1. The Hall–Kier alpha value is -1.88. The number of rotatable bonds is 8. The smallest absolute Gasteiger partial charge is 0.203 e. The minimum absolute atomic E-state index is 0.749. The molecule has 0 unspecified atom stereocenters. The van der Waals surface area contributed by atoms with E-state index in [9.17, 15) is 0 Å². The van der Waals surface area contributed by atoms with E-state index in [0.29, 0.717) is 0 Å². The number of anilines is 1. The number of benzene rings is 1. The van der Waals surface area contributed by atoms with E-state index < -0.39 is 0 Å². The van der Waals surface area contributed by atoms with Gasteiger partial charge >= 0.3 is 0 Å². The molecule has 0 fully saturated rings. The fraction of sp³-hybridized carbons (Fsp3) is 0.333. The van der Waals surface area contributed by atoms with Gasteiger partial charge in [0.1, 0.15) is 5.75 Å². The van der Waals surface area contributed by atoms with Crippen molar-refractivity contribution in [1.29, 1.82) is 0 Å². The molecule has 106 valence electrons. The number of ether oxygens (including phenoxy) is 1. The number of nitrogens with zero attached hydrogens (tertiary/aromatic N) is 2. The summed E-state index contributed by atoms with van der Waals surface area (Å²) in [5.74, 6) is 0.869. The summed E-state index contributed by atoms with van der Waals surface area (Å²) in [5.41, 5.74) is 3.86. The Morgan fingerprint density at radius 2 is 2.25 bits per heavy atom. The highest BCUT2D eigenvalue weighted by Gasteiger charge is 2.00. The Morgan fingerprint density at radius 3 is 3.05 bits per heavy atom. The minimum Gasteiger partial charge on any atom is -0.493 e. The molecule has 0 aliphatic heterocycles. The van der Waals surface area contributed by atoms with Crippen LogP contribution in [-0.2, 0) is 0 Å². The standard InChI is InChI=1S/C15H19N3OS/c1-2-3-6-10-19-14-8-5-4-7-13(14)12-17-18-15-16-9-11-20-15/h4-5,7-9,11-12H,2-3,6,10H2,1H3,(H,16,18)/b17-12+. The van der Waals surface area contributed by atoms with Crippen LogP contribution in [0.2, 0.25) is 0 Å². The van der Waals surface area contributed by atoms with Gasteiger partial charge in [-0.2, -0.15) is 5.10 Å². The lowest BCUT2D eigenvalue weighted by Gasteiger charge is -2.08. The number of aromatic nitrogens is 1. The lowest BCUT2D eigenvalue weighted by Crippen LogP contribution is -2.00. The average molecular weight is 289 g/mol. The monoisotopic (exact) mass is 289 g/mol. The maximum Gasteiger partial charge on any atom is 0.203 e. The molecule has 1 aromatic heterocycles. The van der Waals surface area contributed by atoms with Crippen molar-refractivity contribution in [3.05, 3.63) is 41.4 Å². The van der Waals surface area contributed by atoms with Crippen LogP contribution in [0.3, 0.4) is 0 Å². The first-order valence-corrected chi connectivity index (χ1v) is 7.68. The van der Waals surface area contributed by atoms with E-state index in [1.807, 2.05) is 29.6 Å². The molecule has 20 heavy (non-hydrogen) atoms. The zero-order chi connectivity index (χ0) is 14.0. The molecule has 0 bridgehead atoms. The van der Waals surface area contributed by atoms with Crippen LogP contribution in [-0.4, -0.2) is 17.8 Å². The summed E-state index contributed by atoms with van der Waals surface area (Å²) < 4.78 is 5.79. The molecule has 0 radical (unpaired) electrons. The maximum atomic E-state index is 5.79. The lowest BCUT2D eigenvalue weighted by atomic mass is 10.2. The third-order valence-electron chi connectivity index (χ3n) is 2.72. The minimum atomic E-state index is 0.749. The fourth-order valence-corrected chi connectivity index (χ4v) is 2.17. The van der Waals surface area contributed by atoms with Crippen molar-refractivity contribution in [2.45, 2.75) is 26.2 Å². The number of hydrogen-bond donors (Lipinski definition) is 1. The van der Waals surface area contributed by atoms with Gasteiger partial charge in [-0.05, 0) is 18.6 Å². The molecule has 0 saturated carbocycles. The number of hydrazone groups is 1. The maximum absolute atomic E-state index is 5.79. The SMILES string of the molecule is CCCCCOc1ccccc1/C=N/Nc1nccs1. The predicted molar refractivity (Wildman–Crippen MR) is 84.8 cm³/mol. The summed E-state index contributed by atoms with van der Waals surface area (Å²) in [7, 11) is 0. The van der Waals surface area contributed by atoms with Gasteiger partial charge in [-0.25, -0.2) is 4.98 Å². The van der Waals surface area contributed by atoms with Crippen LogP contribution in [0.15, 0.2) is 40.9 Å². The highest BCUT2D eigenvalue weighted by atomic mass is 32.1. The Morgan fingerprint density at radius 1 is 1.35 bits per heavy atom. The van der Waals surface area contributed by atoms with Gasteiger partial charge in [-0.1, -0.05) is 31.9 Å². The van der Waals surface area contributed by atoms with Crippen LogP contribution in [0.25, 0.3) is 0 Å². The molecule has 0 aliphatic rings. The number of hydrogen-bond acceptors (Lipinski definition) is 5. The molecule has 1 N–H and O–H groups in total. The first-order valence-electron chi connectivity index (χ1n) is 6.80. The van der Waals surface area contributed by atoms with Crippen LogP contribution in [0.1, 0.15) is 31.7 Å². The van der Waals surface area contributed by atoms with E-state index in [1.165, 1.54) is 24.2 Å². The molecule has 0 spiro atoms. The van der Waals surface area contributed by atoms with Gasteiger partial charge in [-0.3, -0.25) is 5.43 Å². The van der Waals surface area contributed by atoms with Crippen molar-refractivity contribution < 1.29 is 4.74 Å². The summed E-state index contributed by atoms with van der Waals surface area (Å²) in [4.78, 5) is 4.10. The highest BCUT2D eigenvalue weighted by Crippen LogP contribution is 2.17. The van der Waals surface area contributed by atoms with Crippen LogP contribution in [0, 0.1) is 0 Å². The molecule has 0 aliphatic carbocycles. The van der Waals surface area contributed by atoms with E-state index in [1.54, 1.807) is 12.4 Å². The third-order valence-corrected chi connectivity index (χ3v) is 3.40. The normalized spacial score (nSPS) is 10.8. The first kappa shape index (κ1) is 14.5. The van der Waals surface area contributed by atoms with Crippen molar-refractivity contribution in [3.63, 3.8) is 0 Å². The van der Waals surface area contributed by atoms with Gasteiger partial charge in [0, 0.05) is 17.1 Å². The first-order chi connectivity index (χ1) is 9.90. The quantitative estimate of drug-likeness (QED) is 0.451. The van der Waals surface area contributed by atoms with Crippen molar-refractivity contribution in [2.75, 3.05) is 12.0 Å². The molecule has 5 heteroatoms. The summed E-state index contributed by atoms with van der Waals surface area (Å²) in [5, 5.41) is 6.87. The molecule has 2 rings (SSSR count). The molecule has 1 aromatic carbocycles. The van der Waals surface area contributed by atoms with E-state index in [2.05, 4.69) is 22.4 Å². The van der Waals surface area contributed by atoms with E-state index in [0.717, 1.165) is 29.5 Å². The second-order valence-electron chi connectivity index (χ2n) is 4.30. The lowest BCUT2D eigenvalue weighted by molar-refractivity contribution is 0.306. The largest absolute Gasteiger partial charge is 0.493 e. The molecular formula is C15H19N3OS. The molecule has 1 heterocycles. The van der Waals surface area contributed by atoms with Gasteiger partial charge in [-0.15, -0.1) is 11.3 Å². The summed E-state index contributed by atoms with van der Waals surface area (Å²) >= 11 is 1.51. The molecule has 0 saturated heterocycles. The number of thiazole rings is 1. The van der Waals surface area contributed by atoms with Gasteiger partial charge in [0.05, 0.1) is 12.8 Å². The third kappa shape index (κ3) is 4.66. The van der Waals surface area contributed by atoms with Gasteiger partial charge in [0.15, 0.2) is 0 Å². The van der Waals surface area contributed by atoms with Gasteiger partial charge < -0.3 is 4.74 Å². The highest BCUT2D eigenvalue weighted by molar-refractivity contribution is 7.13. The summed E-state index contributed by atoms with van der Waals surface area (Å²) in [6.07, 6.45) is 6.98. The fourth-order valence-electron chi connectivity index (χ4n) is 1.69. The van der Waals surface area contributed by atoms with E-state index >= 15 is 0 Å². The van der Waals surface area contributed by atoms with Crippen LogP contribution >= 0.6 is 11.3 Å². The molecular weight excluding hydrogens is 270 g/mol. The van der Waals surface area contributed by atoms with Gasteiger partial charge in [0.25, 0.3) is 0 Å². The van der Waals surface area contributed by atoms with Gasteiger partial charge in [0.2, 0.25) is 5.13 Å². The van der Waals surface area contributed by atoms with Crippen molar-refractivity contribution in [2.24, 2.45) is 5.10 Å². The van der Waals surface area contributed by atoms with Crippen LogP contribution in [0.4, 0.5) is 5.13 Å². The Kier molecular flexibility index (Phi) is 6.05. The second-order valence-corrected chi connectivity index (χ2v) is 5.20. The Balaban J connectivity index is 1.91. The zero-order valence-corrected chi connectivity index (χ0v) is 12.4. The average Bonchev–Trinajstić information content (AvgIpc) is 2.98. The second kappa shape index (κ2) is 8.32. The summed E-state index contributed by atoms with van der Waals surface area (Å²) in [6.45, 7) is 2.93. The Bertz CT molecular complexity index is 526. The predicted octanol–water partition coefficient (Wildman–Crippen LogP) is 4.16. The summed E-state index contributed by atoms with van der Waals surface area (Å²) in [6, 6.07) is 7.91. The molecule has 0 atom stereocenters. The van der Waals surface area contributed by atoms with Crippen LogP contribution in [0.5, 0.6) is 5.75 Å². The molecule has 0 amide bonds. The van der Waals surface area contributed by atoms with Crippen molar-refractivity contribution in [1.82, 2.24) is 4.98 Å². The topological polar surface area (TPSA) is 46.5 Å². The van der Waals surface area contributed by atoms with Crippen LogP contribution < -0.4 is 10.2 Å². The van der Waals surface area contributed by atoms with Crippen molar-refractivity contribution >= 4 is 22.7 Å². The van der Waals surface area contributed by atoms with E-state index in [-0.39, 0.29) is 0 Å². The zero-order valence-electron chi connectivity index (χ0n) is 11.6. The van der Waals surface area contributed by atoms with E-state index in [4.69, 9.17) is 4.74 Å². The Labute approximate surface area is 123 Å².